The molecule has 1 N–H and O–H groups in total. The number of rotatable bonds is 9. The van der Waals surface area contributed by atoms with Crippen molar-refractivity contribution >= 4 is 27.4 Å². The van der Waals surface area contributed by atoms with Crippen LogP contribution in [0.25, 0.3) is 0 Å². The monoisotopic (exact) mass is 462 g/mol. The van der Waals surface area contributed by atoms with Crippen molar-refractivity contribution in [2.24, 2.45) is 0 Å². The third-order valence-corrected chi connectivity index (χ3v) is 6.24. The Morgan fingerprint density at radius 3 is 2.61 bits per heavy atom. The number of ketones is 1. The van der Waals surface area contributed by atoms with Gasteiger partial charge in [-0.2, -0.15) is 0 Å². The van der Waals surface area contributed by atoms with Gasteiger partial charge < -0.3 is 4.74 Å². The van der Waals surface area contributed by atoms with E-state index < -0.39 is 15.8 Å². The Hall–Kier alpha value is -2.81. The Morgan fingerprint density at radius 1 is 1.13 bits per heavy atom. The second-order valence-corrected chi connectivity index (χ2v) is 8.90. The lowest BCUT2D eigenvalue weighted by molar-refractivity contribution is 0.0978. The summed E-state index contributed by atoms with van der Waals surface area (Å²) < 4.78 is 45.5. The number of methoxy groups -OCH3 is 1. The Morgan fingerprint density at radius 2 is 1.94 bits per heavy atom. The summed E-state index contributed by atoms with van der Waals surface area (Å²) in [6.07, 6.45) is 2.29. The van der Waals surface area contributed by atoms with Crippen LogP contribution in [-0.4, -0.2) is 26.3 Å². The smallest absolute Gasteiger partial charge is 0.240 e. The fraction of sp³-hybridized carbons (Fsp3) is 0.182. The highest BCUT2D eigenvalue weighted by Gasteiger charge is 2.16. The first-order valence-corrected chi connectivity index (χ1v) is 11.2. The number of carbonyl (C=O) groups excluding carboxylic acids is 1. The van der Waals surface area contributed by atoms with Gasteiger partial charge in [-0.3, -0.25) is 9.78 Å². The summed E-state index contributed by atoms with van der Waals surface area (Å²) in [5, 5.41) is -0.277. The number of benzene rings is 2. The number of nitrogens with one attached hydrogen (secondary N) is 1. The molecule has 1 heterocycles. The Bertz CT molecular complexity index is 1180. The average Bonchev–Trinajstić information content (AvgIpc) is 2.78. The molecule has 0 spiro atoms. The quantitative estimate of drug-likeness (QED) is 0.482. The van der Waals surface area contributed by atoms with Gasteiger partial charge in [-0.15, -0.1) is 0 Å². The van der Waals surface area contributed by atoms with E-state index in [0.717, 1.165) is 29.5 Å². The van der Waals surface area contributed by atoms with E-state index in [4.69, 9.17) is 16.3 Å². The third-order valence-electron chi connectivity index (χ3n) is 4.55. The molecular formula is C22H20ClFN2O4S. The number of aromatic nitrogens is 1. The normalized spacial score (nSPS) is 11.3. The molecule has 3 rings (SSSR count). The number of halogens is 2. The fourth-order valence-electron chi connectivity index (χ4n) is 2.81. The highest BCUT2D eigenvalue weighted by atomic mass is 35.5. The Kier molecular flexibility index (Phi) is 7.37. The second-order valence-electron chi connectivity index (χ2n) is 6.73. The summed E-state index contributed by atoms with van der Waals surface area (Å²) in [7, 11) is -2.29. The van der Waals surface area contributed by atoms with Crippen LogP contribution in [0, 0.1) is 5.82 Å². The van der Waals surface area contributed by atoms with Gasteiger partial charge >= 0.3 is 0 Å². The van der Waals surface area contributed by atoms with Gasteiger partial charge in [0.05, 0.1) is 17.0 Å². The molecule has 1 aromatic heterocycles. The van der Waals surface area contributed by atoms with Crippen LogP contribution in [0.5, 0.6) is 5.75 Å². The van der Waals surface area contributed by atoms with Crippen LogP contribution < -0.4 is 9.46 Å². The van der Waals surface area contributed by atoms with Crippen LogP contribution in [0.1, 0.15) is 28.0 Å². The topological polar surface area (TPSA) is 85.4 Å². The molecule has 3 aromatic rings. The molecule has 0 bridgehead atoms. The first kappa shape index (κ1) is 22.9. The van der Waals surface area contributed by atoms with Crippen molar-refractivity contribution in [3.05, 3.63) is 88.5 Å². The van der Waals surface area contributed by atoms with Crippen LogP contribution in [0.3, 0.4) is 0 Å². The van der Waals surface area contributed by atoms with Crippen molar-refractivity contribution in [1.29, 1.82) is 0 Å². The first-order valence-electron chi connectivity index (χ1n) is 9.34. The number of pyridine rings is 1. The molecule has 2 aromatic carbocycles. The molecular weight excluding hydrogens is 443 g/mol. The highest BCUT2D eigenvalue weighted by Crippen LogP contribution is 2.19. The fourth-order valence-corrected chi connectivity index (χ4v) is 4.10. The van der Waals surface area contributed by atoms with Gasteiger partial charge in [-0.05, 0) is 53.9 Å². The second kappa shape index (κ2) is 10.00. The maximum Gasteiger partial charge on any atom is 0.240 e. The summed E-state index contributed by atoms with van der Waals surface area (Å²) in [6.45, 7) is -0.0391. The molecule has 0 fully saturated rings. The number of nitrogens with zero attached hydrogens (tertiary/aromatic N) is 1. The average molecular weight is 463 g/mol. The lowest BCUT2D eigenvalue weighted by Crippen LogP contribution is -2.23. The molecule has 31 heavy (non-hydrogen) atoms. The van der Waals surface area contributed by atoms with Crippen LogP contribution in [-0.2, 0) is 23.0 Å². The zero-order valence-electron chi connectivity index (χ0n) is 16.6. The molecule has 162 valence electrons. The first-order chi connectivity index (χ1) is 14.8. The lowest BCUT2D eigenvalue weighted by Gasteiger charge is -2.08. The van der Waals surface area contributed by atoms with Gasteiger partial charge in [-0.1, -0.05) is 29.8 Å². The zero-order valence-corrected chi connectivity index (χ0v) is 18.2. The molecule has 0 aliphatic heterocycles. The van der Waals surface area contributed by atoms with E-state index in [2.05, 4.69) is 9.71 Å². The number of aryl methyl sites for hydroxylation is 1. The summed E-state index contributed by atoms with van der Waals surface area (Å²) in [4.78, 5) is 16.4. The van der Waals surface area contributed by atoms with Crippen molar-refractivity contribution in [3.8, 4) is 5.75 Å². The molecule has 0 aliphatic carbocycles. The number of carbonyl (C=O) groups is 1. The van der Waals surface area contributed by atoms with Gasteiger partial charge in [0, 0.05) is 19.2 Å². The SMILES string of the molecule is COc1cccc(CCC(=O)c2ccc(CNS(=O)(=O)c3ccc(F)c(Cl)c3)cn2)c1. The minimum atomic E-state index is -3.88. The molecule has 0 saturated carbocycles. The molecule has 0 amide bonds. The molecule has 0 atom stereocenters. The number of hydrogen-bond donors (Lipinski definition) is 1. The largest absolute Gasteiger partial charge is 0.497 e. The van der Waals surface area contributed by atoms with Crippen molar-refractivity contribution in [3.63, 3.8) is 0 Å². The van der Waals surface area contributed by atoms with Gasteiger partial charge in [0.2, 0.25) is 10.0 Å². The maximum atomic E-state index is 13.2. The minimum Gasteiger partial charge on any atom is -0.497 e. The van der Waals surface area contributed by atoms with Gasteiger partial charge in [0.15, 0.2) is 5.78 Å². The third kappa shape index (κ3) is 6.10. The molecule has 9 heteroatoms. The Labute approximate surface area is 185 Å². The summed E-state index contributed by atoms with van der Waals surface area (Å²) in [5.74, 6) is -0.0785. The van der Waals surface area contributed by atoms with Crippen LogP contribution >= 0.6 is 11.6 Å². The predicted octanol–water partition coefficient (Wildman–Crippen LogP) is 4.18. The van der Waals surface area contributed by atoms with Crippen LogP contribution in [0.2, 0.25) is 5.02 Å². The number of hydrogen-bond acceptors (Lipinski definition) is 5. The van der Waals surface area contributed by atoms with Crippen LogP contribution in [0.15, 0.2) is 65.7 Å². The van der Waals surface area contributed by atoms with Crippen molar-refractivity contribution in [1.82, 2.24) is 9.71 Å². The summed E-state index contributed by atoms with van der Waals surface area (Å²) in [5.41, 5.74) is 1.86. The van der Waals surface area contributed by atoms with E-state index in [1.807, 2.05) is 24.3 Å². The van der Waals surface area contributed by atoms with E-state index >= 15 is 0 Å². The van der Waals surface area contributed by atoms with E-state index in [9.17, 15) is 17.6 Å². The predicted molar refractivity (Wildman–Crippen MR) is 115 cm³/mol. The number of sulfonamides is 1. The summed E-state index contributed by atoms with van der Waals surface area (Å²) in [6, 6.07) is 13.9. The van der Waals surface area contributed by atoms with E-state index in [-0.39, 0.29) is 28.7 Å². The zero-order chi connectivity index (χ0) is 22.4. The lowest BCUT2D eigenvalue weighted by atomic mass is 10.1. The Balaban J connectivity index is 1.58. The van der Waals surface area contributed by atoms with Gasteiger partial charge in [-0.25, -0.2) is 17.5 Å². The molecule has 0 radical (unpaired) electrons. The van der Waals surface area contributed by atoms with E-state index in [0.29, 0.717) is 17.7 Å². The van der Waals surface area contributed by atoms with Crippen molar-refractivity contribution < 1.29 is 22.3 Å². The van der Waals surface area contributed by atoms with Crippen molar-refractivity contribution in [2.75, 3.05) is 7.11 Å². The van der Waals surface area contributed by atoms with E-state index in [1.54, 1.807) is 19.2 Å². The number of ether oxygens (including phenoxy) is 1. The molecule has 6 nitrogen and oxygen atoms in total. The van der Waals surface area contributed by atoms with Gasteiger partial charge in [0.25, 0.3) is 0 Å². The minimum absolute atomic E-state index is 0.0391. The van der Waals surface area contributed by atoms with E-state index in [1.165, 1.54) is 6.20 Å². The summed E-state index contributed by atoms with van der Waals surface area (Å²) >= 11 is 5.65. The van der Waals surface area contributed by atoms with Crippen LogP contribution in [0.4, 0.5) is 4.39 Å². The molecule has 0 unspecified atom stereocenters. The standard InChI is InChI=1S/C22H20ClFN2O4S/c1-30-17-4-2-3-15(11-17)6-10-22(27)21-9-5-16(13-25-21)14-26-31(28,29)18-7-8-20(24)19(23)12-18/h2-5,7-9,11-13,26H,6,10,14H2,1H3. The molecule has 0 saturated heterocycles. The maximum absolute atomic E-state index is 13.2. The van der Waals surface area contributed by atoms with Crippen molar-refractivity contribution in [2.45, 2.75) is 24.3 Å². The number of Topliss-reactive ketones (excluding diaryl/α,β-unsaturated/α-hetero) is 1. The van der Waals surface area contributed by atoms with Gasteiger partial charge in [0.1, 0.15) is 17.3 Å². The highest BCUT2D eigenvalue weighted by molar-refractivity contribution is 7.89. The molecule has 0 aliphatic rings.